The summed E-state index contributed by atoms with van der Waals surface area (Å²) in [6.45, 7) is 5.92. The average Bonchev–Trinajstić information content (AvgIpc) is 2.30. The Kier molecular flexibility index (Phi) is 6.97. The van der Waals surface area contributed by atoms with Gasteiger partial charge in [0.25, 0.3) is 0 Å². The van der Waals surface area contributed by atoms with Gasteiger partial charge in [-0.3, -0.25) is 9.59 Å². The molecule has 94 valence electrons. The molecule has 0 atom stereocenters. The number of hydrogen-bond donors (Lipinski definition) is 0. The van der Waals surface area contributed by atoms with E-state index in [1.165, 1.54) is 7.11 Å². The first-order valence-electron chi connectivity index (χ1n) is 5.80. The Morgan fingerprint density at radius 1 is 1.06 bits per heavy atom. The summed E-state index contributed by atoms with van der Waals surface area (Å²) in [7, 11) is 1.54. The molecular formula is C12H22O4. The smallest absolute Gasteiger partial charge is 0.306 e. The first-order valence-corrected chi connectivity index (χ1v) is 5.80. The normalized spacial score (nSPS) is 11.2. The number of ketones is 1. The van der Waals surface area contributed by atoms with Crippen LogP contribution in [0.3, 0.4) is 0 Å². The van der Waals surface area contributed by atoms with Gasteiger partial charge in [-0.05, 0) is 19.8 Å². The lowest BCUT2D eigenvalue weighted by Gasteiger charge is -2.28. The molecule has 0 radical (unpaired) electrons. The predicted octanol–water partition coefficient (Wildman–Crippen LogP) is 2.10. The SMILES string of the molecule is CCOC(=O)CCC(=O)C(CC)(CC)OC. The minimum Gasteiger partial charge on any atom is -0.466 e. The molecule has 0 aliphatic rings. The zero-order valence-corrected chi connectivity index (χ0v) is 10.7. The maximum atomic E-state index is 11.9. The van der Waals surface area contributed by atoms with Crippen molar-refractivity contribution in [1.29, 1.82) is 0 Å². The molecule has 0 spiro atoms. The number of carbonyl (C=O) groups excluding carboxylic acids is 2. The summed E-state index contributed by atoms with van der Waals surface area (Å²) in [6, 6.07) is 0. The van der Waals surface area contributed by atoms with E-state index in [2.05, 4.69) is 0 Å². The molecule has 4 nitrogen and oxygen atoms in total. The summed E-state index contributed by atoms with van der Waals surface area (Å²) < 4.78 is 10.1. The largest absolute Gasteiger partial charge is 0.466 e. The van der Waals surface area contributed by atoms with E-state index in [-0.39, 0.29) is 24.6 Å². The second-order valence-electron chi connectivity index (χ2n) is 3.63. The van der Waals surface area contributed by atoms with Crippen molar-refractivity contribution >= 4 is 11.8 Å². The molecule has 0 unspecified atom stereocenters. The van der Waals surface area contributed by atoms with Crippen LogP contribution in [0.1, 0.15) is 46.5 Å². The third-order valence-corrected chi connectivity index (χ3v) is 2.90. The fraction of sp³-hybridized carbons (Fsp3) is 0.833. The van der Waals surface area contributed by atoms with Gasteiger partial charge in [0.1, 0.15) is 5.60 Å². The Bertz CT molecular complexity index is 223. The number of methoxy groups -OCH3 is 1. The topological polar surface area (TPSA) is 52.6 Å². The summed E-state index contributed by atoms with van der Waals surface area (Å²) in [5.74, 6) is -0.346. The van der Waals surface area contributed by atoms with Crippen molar-refractivity contribution in [2.75, 3.05) is 13.7 Å². The highest BCUT2D eigenvalue weighted by Crippen LogP contribution is 2.23. The van der Waals surface area contributed by atoms with Crippen LogP contribution in [-0.2, 0) is 19.1 Å². The maximum absolute atomic E-state index is 11.9. The number of esters is 1. The minimum atomic E-state index is -0.730. The van der Waals surface area contributed by atoms with Gasteiger partial charge in [0.2, 0.25) is 0 Å². The highest BCUT2D eigenvalue weighted by atomic mass is 16.5. The van der Waals surface area contributed by atoms with Crippen molar-refractivity contribution in [2.24, 2.45) is 0 Å². The second-order valence-corrected chi connectivity index (χ2v) is 3.63. The van der Waals surface area contributed by atoms with E-state index in [0.29, 0.717) is 19.4 Å². The van der Waals surface area contributed by atoms with Crippen molar-refractivity contribution < 1.29 is 19.1 Å². The Labute approximate surface area is 97.3 Å². The van der Waals surface area contributed by atoms with Crippen molar-refractivity contribution in [2.45, 2.75) is 52.1 Å². The zero-order chi connectivity index (χ0) is 12.6. The van der Waals surface area contributed by atoms with Crippen molar-refractivity contribution in [3.05, 3.63) is 0 Å². The van der Waals surface area contributed by atoms with Crippen molar-refractivity contribution in [1.82, 2.24) is 0 Å². The monoisotopic (exact) mass is 230 g/mol. The average molecular weight is 230 g/mol. The van der Waals surface area contributed by atoms with Gasteiger partial charge in [-0.2, -0.15) is 0 Å². The van der Waals surface area contributed by atoms with Crippen molar-refractivity contribution in [3.63, 3.8) is 0 Å². The lowest BCUT2D eigenvalue weighted by Crippen LogP contribution is -2.39. The molecule has 16 heavy (non-hydrogen) atoms. The van der Waals surface area contributed by atoms with Gasteiger partial charge in [-0.15, -0.1) is 0 Å². The molecule has 4 heteroatoms. The third-order valence-electron chi connectivity index (χ3n) is 2.90. The van der Waals surface area contributed by atoms with Crippen LogP contribution in [0, 0.1) is 0 Å². The van der Waals surface area contributed by atoms with Gasteiger partial charge in [-0.25, -0.2) is 0 Å². The quantitative estimate of drug-likeness (QED) is 0.599. The molecule has 0 rings (SSSR count). The molecule has 0 N–H and O–H groups in total. The summed E-state index contributed by atoms with van der Waals surface area (Å²) >= 11 is 0. The molecule has 0 bridgehead atoms. The first-order chi connectivity index (χ1) is 7.56. The molecule has 0 fully saturated rings. The number of carbonyl (C=O) groups is 2. The molecule has 0 aromatic heterocycles. The van der Waals surface area contributed by atoms with Gasteiger partial charge < -0.3 is 9.47 Å². The molecule has 0 aromatic carbocycles. The Hall–Kier alpha value is -0.900. The van der Waals surface area contributed by atoms with E-state index in [0.717, 1.165) is 0 Å². The fourth-order valence-electron chi connectivity index (χ4n) is 1.72. The van der Waals surface area contributed by atoms with E-state index >= 15 is 0 Å². The lowest BCUT2D eigenvalue weighted by molar-refractivity contribution is -0.148. The van der Waals surface area contributed by atoms with E-state index in [4.69, 9.17) is 9.47 Å². The van der Waals surface area contributed by atoms with E-state index < -0.39 is 5.60 Å². The van der Waals surface area contributed by atoms with Gasteiger partial charge >= 0.3 is 5.97 Å². The van der Waals surface area contributed by atoms with Crippen LogP contribution >= 0.6 is 0 Å². The molecular weight excluding hydrogens is 208 g/mol. The number of hydrogen-bond acceptors (Lipinski definition) is 4. The first kappa shape index (κ1) is 15.1. The van der Waals surface area contributed by atoms with Gasteiger partial charge in [0, 0.05) is 13.5 Å². The van der Waals surface area contributed by atoms with Crippen LogP contribution in [0.2, 0.25) is 0 Å². The fourth-order valence-corrected chi connectivity index (χ4v) is 1.72. The summed E-state index contributed by atoms with van der Waals surface area (Å²) in [5.41, 5.74) is -0.730. The third kappa shape index (κ3) is 3.93. The predicted molar refractivity (Wildman–Crippen MR) is 61.2 cm³/mol. The van der Waals surface area contributed by atoms with Crippen LogP contribution in [0.5, 0.6) is 0 Å². The molecule has 0 amide bonds. The number of ether oxygens (including phenoxy) is 2. The second kappa shape index (κ2) is 7.39. The highest BCUT2D eigenvalue weighted by Gasteiger charge is 2.34. The molecule has 0 saturated heterocycles. The van der Waals surface area contributed by atoms with Crippen LogP contribution in [0.4, 0.5) is 0 Å². The van der Waals surface area contributed by atoms with E-state index in [1.807, 2.05) is 13.8 Å². The molecule has 0 aliphatic carbocycles. The van der Waals surface area contributed by atoms with E-state index in [9.17, 15) is 9.59 Å². The van der Waals surface area contributed by atoms with Gasteiger partial charge in [0.15, 0.2) is 5.78 Å². The molecule has 0 aliphatic heterocycles. The summed E-state index contributed by atoms with van der Waals surface area (Å²) in [5, 5.41) is 0. The Morgan fingerprint density at radius 2 is 1.62 bits per heavy atom. The number of Topliss-reactive ketones (excluding diaryl/α,β-unsaturated/α-hetero) is 1. The highest BCUT2D eigenvalue weighted by molar-refractivity contribution is 5.89. The molecule has 0 aromatic rings. The van der Waals surface area contributed by atoms with Crippen LogP contribution in [0.15, 0.2) is 0 Å². The van der Waals surface area contributed by atoms with Crippen LogP contribution < -0.4 is 0 Å². The lowest BCUT2D eigenvalue weighted by atomic mass is 9.89. The number of rotatable bonds is 8. The summed E-state index contributed by atoms with van der Waals surface area (Å²) in [4.78, 5) is 23.1. The zero-order valence-electron chi connectivity index (χ0n) is 10.7. The van der Waals surface area contributed by atoms with Crippen LogP contribution in [0.25, 0.3) is 0 Å². The minimum absolute atomic E-state index is 0.0203. The van der Waals surface area contributed by atoms with E-state index in [1.54, 1.807) is 6.92 Å². The van der Waals surface area contributed by atoms with Gasteiger partial charge in [-0.1, -0.05) is 13.8 Å². The molecule has 0 heterocycles. The Morgan fingerprint density at radius 3 is 2.00 bits per heavy atom. The van der Waals surface area contributed by atoms with Gasteiger partial charge in [0.05, 0.1) is 13.0 Å². The Balaban J connectivity index is 4.27. The van der Waals surface area contributed by atoms with Crippen LogP contribution in [-0.4, -0.2) is 31.1 Å². The maximum Gasteiger partial charge on any atom is 0.306 e. The standard InChI is InChI=1S/C12H22O4/c1-5-12(6-2,15-4)10(13)8-9-11(14)16-7-3/h5-9H2,1-4H3. The molecule has 0 saturated carbocycles. The van der Waals surface area contributed by atoms with Crippen molar-refractivity contribution in [3.8, 4) is 0 Å². The summed E-state index contributed by atoms with van der Waals surface area (Å²) in [6.07, 6.45) is 1.58.